The van der Waals surface area contributed by atoms with Gasteiger partial charge < -0.3 is 9.73 Å². The summed E-state index contributed by atoms with van der Waals surface area (Å²) in [5.41, 5.74) is 2.65. The number of benzene rings is 1. The molecule has 1 atom stereocenters. The standard InChI is InChI=1S/C20H19F2N3O2/c1-11-8-12(2)27-19(11)20(26)24-16-4-3-5-17-14(16)10-23-25(17)18-7-6-13(21)9-15(18)22/h6-10,16H,3-5H2,1-2H3,(H,24,26)/t16-/m1/s1. The van der Waals surface area contributed by atoms with Crippen molar-refractivity contribution in [2.24, 2.45) is 0 Å². The second-order valence-corrected chi connectivity index (χ2v) is 6.84. The van der Waals surface area contributed by atoms with Gasteiger partial charge in [0.15, 0.2) is 11.6 Å². The van der Waals surface area contributed by atoms with Crippen molar-refractivity contribution in [1.29, 1.82) is 0 Å². The molecule has 5 nitrogen and oxygen atoms in total. The maximum Gasteiger partial charge on any atom is 0.287 e. The van der Waals surface area contributed by atoms with Gasteiger partial charge in [-0.1, -0.05) is 0 Å². The van der Waals surface area contributed by atoms with Crippen LogP contribution in [0.3, 0.4) is 0 Å². The van der Waals surface area contributed by atoms with E-state index in [-0.39, 0.29) is 17.6 Å². The Kier molecular flexibility index (Phi) is 4.30. The van der Waals surface area contributed by atoms with Crippen LogP contribution < -0.4 is 5.32 Å². The minimum atomic E-state index is -0.672. The summed E-state index contributed by atoms with van der Waals surface area (Å²) in [7, 11) is 0. The molecule has 1 aliphatic rings. The minimum absolute atomic E-state index is 0.196. The van der Waals surface area contributed by atoms with Crippen LogP contribution in [0.15, 0.2) is 34.9 Å². The maximum absolute atomic E-state index is 14.2. The molecular formula is C20H19F2N3O2. The lowest BCUT2D eigenvalue weighted by Gasteiger charge is -2.24. The highest BCUT2D eigenvalue weighted by molar-refractivity contribution is 5.93. The smallest absolute Gasteiger partial charge is 0.287 e. The van der Waals surface area contributed by atoms with Crippen LogP contribution in [0, 0.1) is 25.5 Å². The van der Waals surface area contributed by atoms with E-state index < -0.39 is 11.6 Å². The number of hydrogen-bond acceptors (Lipinski definition) is 3. The van der Waals surface area contributed by atoms with Gasteiger partial charge in [0.25, 0.3) is 5.91 Å². The first kappa shape index (κ1) is 17.5. The van der Waals surface area contributed by atoms with Crippen molar-refractivity contribution in [2.45, 2.75) is 39.2 Å². The molecule has 7 heteroatoms. The van der Waals surface area contributed by atoms with Crippen molar-refractivity contribution < 1.29 is 18.0 Å². The normalized spacial score (nSPS) is 16.2. The van der Waals surface area contributed by atoms with Gasteiger partial charge in [-0.2, -0.15) is 5.10 Å². The summed E-state index contributed by atoms with van der Waals surface area (Å²) in [6.45, 7) is 3.62. The second-order valence-electron chi connectivity index (χ2n) is 6.84. The lowest BCUT2D eigenvalue weighted by molar-refractivity contribution is 0.0902. The second kappa shape index (κ2) is 6.64. The summed E-state index contributed by atoms with van der Waals surface area (Å²) < 4.78 is 34.4. The molecule has 0 spiro atoms. The first-order chi connectivity index (χ1) is 12.9. The number of amides is 1. The van der Waals surface area contributed by atoms with Crippen LogP contribution in [0.1, 0.15) is 52.0 Å². The third kappa shape index (κ3) is 3.13. The highest BCUT2D eigenvalue weighted by Crippen LogP contribution is 2.32. The molecule has 0 bridgehead atoms. The predicted molar refractivity (Wildman–Crippen MR) is 94.8 cm³/mol. The van der Waals surface area contributed by atoms with Gasteiger partial charge in [-0.3, -0.25) is 4.79 Å². The third-order valence-electron chi connectivity index (χ3n) is 4.87. The Morgan fingerprint density at radius 1 is 1.30 bits per heavy atom. The van der Waals surface area contributed by atoms with Gasteiger partial charge in [-0.05, 0) is 51.3 Å². The van der Waals surface area contributed by atoms with Gasteiger partial charge in [0, 0.05) is 22.9 Å². The zero-order valence-electron chi connectivity index (χ0n) is 15.1. The zero-order valence-corrected chi connectivity index (χ0v) is 15.1. The molecule has 0 unspecified atom stereocenters. The largest absolute Gasteiger partial charge is 0.456 e. The van der Waals surface area contributed by atoms with Crippen LogP contribution in [-0.4, -0.2) is 15.7 Å². The van der Waals surface area contributed by atoms with Crippen LogP contribution in [0.4, 0.5) is 8.78 Å². The Balaban J connectivity index is 1.64. The van der Waals surface area contributed by atoms with Crippen molar-refractivity contribution in [3.8, 4) is 5.69 Å². The number of aromatic nitrogens is 2. The van der Waals surface area contributed by atoms with Crippen molar-refractivity contribution in [2.75, 3.05) is 0 Å². The lowest BCUT2D eigenvalue weighted by Crippen LogP contribution is -2.31. The fourth-order valence-corrected chi connectivity index (χ4v) is 3.66. The van der Waals surface area contributed by atoms with Crippen molar-refractivity contribution in [1.82, 2.24) is 15.1 Å². The molecule has 1 N–H and O–H groups in total. The zero-order chi connectivity index (χ0) is 19.1. The summed E-state index contributed by atoms with van der Waals surface area (Å²) in [6.07, 6.45) is 3.93. The summed E-state index contributed by atoms with van der Waals surface area (Å²) in [5, 5.41) is 7.28. The van der Waals surface area contributed by atoms with Crippen molar-refractivity contribution >= 4 is 5.91 Å². The number of rotatable bonds is 3. The van der Waals surface area contributed by atoms with Gasteiger partial charge >= 0.3 is 0 Å². The van der Waals surface area contributed by atoms with Gasteiger partial charge in [0.1, 0.15) is 17.3 Å². The maximum atomic E-state index is 14.2. The molecule has 4 rings (SSSR count). The first-order valence-electron chi connectivity index (χ1n) is 8.84. The number of nitrogens with one attached hydrogen (secondary N) is 1. The summed E-state index contributed by atoms with van der Waals surface area (Å²) in [6, 6.07) is 5.00. The fraction of sp³-hybridized carbons (Fsp3) is 0.300. The van der Waals surface area contributed by atoms with E-state index in [0.717, 1.165) is 35.7 Å². The molecule has 1 aromatic carbocycles. The van der Waals surface area contributed by atoms with E-state index in [1.807, 2.05) is 13.0 Å². The number of halogens is 2. The quantitative estimate of drug-likeness (QED) is 0.752. The summed E-state index contributed by atoms with van der Waals surface area (Å²) >= 11 is 0. The molecule has 0 fully saturated rings. The Bertz CT molecular complexity index is 1020. The summed E-state index contributed by atoms with van der Waals surface area (Å²) in [4.78, 5) is 12.6. The van der Waals surface area contributed by atoms with Gasteiger partial charge in [-0.25, -0.2) is 13.5 Å². The van der Waals surface area contributed by atoms with Gasteiger partial charge in [-0.15, -0.1) is 0 Å². The molecule has 0 saturated carbocycles. The monoisotopic (exact) mass is 371 g/mol. The van der Waals surface area contributed by atoms with E-state index >= 15 is 0 Å². The number of furan rings is 1. The van der Waals surface area contributed by atoms with Crippen LogP contribution in [-0.2, 0) is 6.42 Å². The Morgan fingerprint density at radius 3 is 2.81 bits per heavy atom. The Hall–Kier alpha value is -2.96. The summed E-state index contributed by atoms with van der Waals surface area (Å²) in [5.74, 6) is -0.599. The molecule has 0 aliphatic heterocycles. The molecule has 1 aliphatic carbocycles. The molecule has 1 amide bonds. The van der Waals surface area contributed by atoms with Crippen molar-refractivity contribution in [3.63, 3.8) is 0 Å². The number of carbonyl (C=O) groups excluding carboxylic acids is 1. The predicted octanol–water partition coefficient (Wildman–Crippen LogP) is 4.17. The van der Waals surface area contributed by atoms with E-state index in [0.29, 0.717) is 17.9 Å². The molecule has 2 heterocycles. The molecule has 0 radical (unpaired) electrons. The Labute approximate surface area is 155 Å². The fourth-order valence-electron chi connectivity index (χ4n) is 3.66. The molecule has 140 valence electrons. The van der Waals surface area contributed by atoms with Gasteiger partial charge in [0.05, 0.1) is 12.2 Å². The first-order valence-corrected chi connectivity index (χ1v) is 8.84. The SMILES string of the molecule is Cc1cc(C)c(C(=O)N[C@@H]2CCCc3c2cnn3-c2ccc(F)cc2F)o1. The minimum Gasteiger partial charge on any atom is -0.456 e. The Morgan fingerprint density at radius 2 is 2.11 bits per heavy atom. The number of carbonyl (C=O) groups is 1. The molecule has 0 saturated heterocycles. The van der Waals surface area contributed by atoms with Crippen LogP contribution >= 0.6 is 0 Å². The van der Waals surface area contributed by atoms with E-state index in [2.05, 4.69) is 10.4 Å². The van der Waals surface area contributed by atoms with Gasteiger partial charge in [0.2, 0.25) is 0 Å². The van der Waals surface area contributed by atoms with Crippen LogP contribution in [0.5, 0.6) is 0 Å². The van der Waals surface area contributed by atoms with Crippen molar-refractivity contribution in [3.05, 3.63) is 70.4 Å². The van der Waals surface area contributed by atoms with Crippen LogP contribution in [0.2, 0.25) is 0 Å². The average molecular weight is 371 g/mol. The van der Waals surface area contributed by atoms with Crippen LogP contribution in [0.25, 0.3) is 5.69 Å². The average Bonchev–Trinajstić information content (AvgIpc) is 3.18. The third-order valence-corrected chi connectivity index (χ3v) is 4.87. The highest BCUT2D eigenvalue weighted by atomic mass is 19.1. The number of nitrogens with zero attached hydrogens (tertiary/aromatic N) is 2. The molecule has 3 aromatic rings. The molecule has 2 aromatic heterocycles. The van der Waals surface area contributed by atoms with E-state index in [4.69, 9.17) is 4.42 Å². The number of hydrogen-bond donors (Lipinski definition) is 1. The molecular weight excluding hydrogens is 352 g/mol. The topological polar surface area (TPSA) is 60.1 Å². The number of aryl methyl sites for hydroxylation is 2. The van der Waals surface area contributed by atoms with E-state index in [1.165, 1.54) is 16.8 Å². The number of fused-ring (bicyclic) bond motifs is 1. The lowest BCUT2D eigenvalue weighted by atomic mass is 9.92. The highest BCUT2D eigenvalue weighted by Gasteiger charge is 2.28. The molecule has 27 heavy (non-hydrogen) atoms. The van der Waals surface area contributed by atoms with E-state index in [9.17, 15) is 13.6 Å². The van der Waals surface area contributed by atoms with E-state index in [1.54, 1.807) is 13.1 Å².